The number of ether oxygens (including phenoxy) is 1. The summed E-state index contributed by atoms with van der Waals surface area (Å²) in [5.41, 5.74) is 2.45. The zero-order valence-electron chi connectivity index (χ0n) is 8.88. The van der Waals surface area contributed by atoms with Gasteiger partial charge in [0.15, 0.2) is 0 Å². The quantitative estimate of drug-likeness (QED) is 0.735. The monoisotopic (exact) mass is 213 g/mol. The lowest BCUT2D eigenvalue weighted by Crippen LogP contribution is -1.89. The zero-order chi connectivity index (χ0) is 11.4. The highest BCUT2D eigenvalue weighted by atomic mass is 16.5. The molecule has 80 valence electrons. The maximum atomic E-state index is 10.5. The van der Waals surface area contributed by atoms with Gasteiger partial charge < -0.3 is 4.74 Å². The molecule has 0 amide bonds. The summed E-state index contributed by atoms with van der Waals surface area (Å²) in [7, 11) is 1.58. The number of aromatic nitrogens is 1. The van der Waals surface area contributed by atoms with E-state index in [9.17, 15) is 4.79 Å². The van der Waals surface area contributed by atoms with Crippen LogP contribution in [0.5, 0.6) is 5.88 Å². The average molecular weight is 213 g/mol. The molecule has 0 N–H and O–H groups in total. The number of carbonyl (C=O) groups is 1. The van der Waals surface area contributed by atoms with Crippen molar-refractivity contribution in [1.82, 2.24) is 4.98 Å². The van der Waals surface area contributed by atoms with Crippen LogP contribution in [0.15, 0.2) is 42.5 Å². The Kier molecular flexibility index (Phi) is 2.96. The van der Waals surface area contributed by atoms with Gasteiger partial charge in [0.1, 0.15) is 6.29 Å². The molecule has 2 aromatic rings. The fourth-order valence-corrected chi connectivity index (χ4v) is 1.42. The summed E-state index contributed by atoms with van der Waals surface area (Å²) in [6.07, 6.45) is 0.822. The summed E-state index contributed by atoms with van der Waals surface area (Å²) in [5.74, 6) is 0.581. The minimum absolute atomic E-state index is 0.581. The number of aldehydes is 1. The van der Waals surface area contributed by atoms with Gasteiger partial charge in [-0.15, -0.1) is 0 Å². The fraction of sp³-hybridized carbons (Fsp3) is 0.0769. The van der Waals surface area contributed by atoms with Crippen LogP contribution in [-0.2, 0) is 0 Å². The second kappa shape index (κ2) is 4.57. The van der Waals surface area contributed by atoms with Crippen molar-refractivity contribution in [2.75, 3.05) is 7.11 Å². The van der Waals surface area contributed by atoms with Crippen molar-refractivity contribution in [1.29, 1.82) is 0 Å². The Balaban J connectivity index is 2.38. The van der Waals surface area contributed by atoms with Crippen molar-refractivity contribution >= 4 is 6.29 Å². The highest BCUT2D eigenvalue weighted by molar-refractivity contribution is 5.76. The van der Waals surface area contributed by atoms with E-state index in [1.54, 1.807) is 25.3 Å². The highest BCUT2D eigenvalue weighted by Crippen LogP contribution is 2.19. The first-order valence-corrected chi connectivity index (χ1v) is 4.90. The number of benzene rings is 1. The molecule has 0 aliphatic carbocycles. The van der Waals surface area contributed by atoms with E-state index in [-0.39, 0.29) is 0 Å². The Morgan fingerprint density at radius 3 is 2.50 bits per heavy atom. The van der Waals surface area contributed by atoms with Gasteiger partial charge in [-0.1, -0.05) is 30.3 Å². The minimum Gasteiger partial charge on any atom is -0.481 e. The number of hydrogen-bond donors (Lipinski definition) is 0. The van der Waals surface area contributed by atoms with Crippen molar-refractivity contribution in [3.05, 3.63) is 48.0 Å². The van der Waals surface area contributed by atoms with Gasteiger partial charge in [-0.3, -0.25) is 4.79 Å². The molecule has 1 heterocycles. The smallest absolute Gasteiger partial charge is 0.213 e. The van der Waals surface area contributed by atoms with Gasteiger partial charge in [0.05, 0.1) is 12.8 Å². The molecule has 0 aliphatic heterocycles. The maximum Gasteiger partial charge on any atom is 0.213 e. The van der Waals surface area contributed by atoms with E-state index in [0.717, 1.165) is 17.5 Å². The zero-order valence-corrected chi connectivity index (χ0v) is 8.88. The second-order valence-corrected chi connectivity index (χ2v) is 3.31. The Bertz CT molecular complexity index is 492. The van der Waals surface area contributed by atoms with Crippen LogP contribution >= 0.6 is 0 Å². The van der Waals surface area contributed by atoms with E-state index in [1.165, 1.54) is 0 Å². The van der Waals surface area contributed by atoms with Crippen LogP contribution in [-0.4, -0.2) is 18.4 Å². The summed E-state index contributed by atoms with van der Waals surface area (Å²) in [6.45, 7) is 0. The molecule has 2 rings (SSSR count). The van der Waals surface area contributed by atoms with Gasteiger partial charge >= 0.3 is 0 Å². The Hall–Kier alpha value is -2.16. The molecule has 3 heteroatoms. The molecule has 1 aromatic carbocycles. The van der Waals surface area contributed by atoms with Crippen LogP contribution in [0.3, 0.4) is 0 Å². The van der Waals surface area contributed by atoms with Crippen LogP contribution < -0.4 is 4.74 Å². The molecule has 0 fully saturated rings. The molecule has 3 nitrogen and oxygen atoms in total. The summed E-state index contributed by atoms with van der Waals surface area (Å²) < 4.78 is 5.05. The largest absolute Gasteiger partial charge is 0.481 e. The summed E-state index contributed by atoms with van der Waals surface area (Å²) in [6, 6.07) is 12.8. The Morgan fingerprint density at radius 1 is 1.12 bits per heavy atom. The van der Waals surface area contributed by atoms with Crippen molar-refractivity contribution in [2.45, 2.75) is 0 Å². The lowest BCUT2D eigenvalue weighted by Gasteiger charge is -2.03. The van der Waals surface area contributed by atoms with Gasteiger partial charge in [-0.2, -0.15) is 0 Å². The molecular weight excluding hydrogens is 202 g/mol. The van der Waals surface area contributed by atoms with Gasteiger partial charge in [-0.05, 0) is 6.07 Å². The maximum absolute atomic E-state index is 10.5. The molecule has 0 unspecified atom stereocenters. The summed E-state index contributed by atoms with van der Waals surface area (Å²) in [5, 5.41) is 0. The summed E-state index contributed by atoms with van der Waals surface area (Å²) in [4.78, 5) is 14.8. The first kappa shape index (κ1) is 10.4. The van der Waals surface area contributed by atoms with Gasteiger partial charge in [0, 0.05) is 17.2 Å². The topological polar surface area (TPSA) is 39.2 Å². The van der Waals surface area contributed by atoms with Gasteiger partial charge in [-0.25, -0.2) is 4.98 Å². The van der Waals surface area contributed by atoms with Crippen LogP contribution in [0, 0.1) is 0 Å². The van der Waals surface area contributed by atoms with Gasteiger partial charge in [0.2, 0.25) is 5.88 Å². The van der Waals surface area contributed by atoms with Crippen molar-refractivity contribution in [3.8, 4) is 17.1 Å². The number of methoxy groups -OCH3 is 1. The number of carbonyl (C=O) groups excluding carboxylic acids is 1. The first-order chi connectivity index (χ1) is 7.83. The van der Waals surface area contributed by atoms with E-state index in [2.05, 4.69) is 4.98 Å². The molecular formula is C13H11NO2. The van der Waals surface area contributed by atoms with Crippen molar-refractivity contribution in [2.24, 2.45) is 0 Å². The highest BCUT2D eigenvalue weighted by Gasteiger charge is 2.00. The predicted molar refractivity (Wildman–Crippen MR) is 61.6 cm³/mol. The fourth-order valence-electron chi connectivity index (χ4n) is 1.42. The van der Waals surface area contributed by atoms with E-state index >= 15 is 0 Å². The van der Waals surface area contributed by atoms with Crippen LogP contribution in [0.1, 0.15) is 10.4 Å². The SMILES string of the molecule is COc1cccc(-c2ccc(C=O)cc2)n1. The van der Waals surface area contributed by atoms with Crippen LogP contribution in [0.2, 0.25) is 0 Å². The molecule has 1 aromatic heterocycles. The van der Waals surface area contributed by atoms with Crippen LogP contribution in [0.4, 0.5) is 0 Å². The third-order valence-electron chi connectivity index (χ3n) is 2.28. The molecule has 0 atom stereocenters. The predicted octanol–water partition coefficient (Wildman–Crippen LogP) is 2.57. The van der Waals surface area contributed by atoms with E-state index in [4.69, 9.17) is 4.74 Å². The lowest BCUT2D eigenvalue weighted by atomic mass is 10.1. The van der Waals surface area contributed by atoms with E-state index in [1.807, 2.05) is 24.3 Å². The Morgan fingerprint density at radius 2 is 1.88 bits per heavy atom. The molecule has 0 spiro atoms. The number of nitrogens with zero attached hydrogens (tertiary/aromatic N) is 1. The lowest BCUT2D eigenvalue weighted by molar-refractivity contribution is 0.112. The van der Waals surface area contributed by atoms with E-state index in [0.29, 0.717) is 11.4 Å². The standard InChI is InChI=1S/C13H11NO2/c1-16-13-4-2-3-12(14-13)11-7-5-10(9-15)6-8-11/h2-9H,1H3. The van der Waals surface area contributed by atoms with Crippen molar-refractivity contribution < 1.29 is 9.53 Å². The summed E-state index contributed by atoms with van der Waals surface area (Å²) >= 11 is 0. The molecule has 0 radical (unpaired) electrons. The molecule has 0 aliphatic rings. The number of pyridine rings is 1. The average Bonchev–Trinajstić information content (AvgIpc) is 2.39. The third-order valence-corrected chi connectivity index (χ3v) is 2.28. The molecule has 0 saturated carbocycles. The normalized spacial score (nSPS) is 9.81. The minimum atomic E-state index is 0.581. The molecule has 0 saturated heterocycles. The Labute approximate surface area is 93.7 Å². The van der Waals surface area contributed by atoms with E-state index < -0.39 is 0 Å². The second-order valence-electron chi connectivity index (χ2n) is 3.31. The first-order valence-electron chi connectivity index (χ1n) is 4.90. The van der Waals surface area contributed by atoms with Gasteiger partial charge in [0.25, 0.3) is 0 Å². The molecule has 0 bridgehead atoms. The molecule has 16 heavy (non-hydrogen) atoms. The van der Waals surface area contributed by atoms with Crippen molar-refractivity contribution in [3.63, 3.8) is 0 Å². The number of hydrogen-bond acceptors (Lipinski definition) is 3. The van der Waals surface area contributed by atoms with Crippen LogP contribution in [0.25, 0.3) is 11.3 Å². The third kappa shape index (κ3) is 2.08. The number of rotatable bonds is 3.